The van der Waals surface area contributed by atoms with Gasteiger partial charge in [0.05, 0.1) is 37.0 Å². The van der Waals surface area contributed by atoms with Crippen LogP contribution in [0.2, 0.25) is 18.6 Å². The Kier molecular flexibility index (Phi) is 8.70. The molecule has 10 heteroatoms. The first-order valence-corrected chi connectivity index (χ1v) is 17.2. The molecule has 2 aliphatic heterocycles. The fourth-order valence-electron chi connectivity index (χ4n) is 6.39. The van der Waals surface area contributed by atoms with Crippen LogP contribution in [0.5, 0.6) is 0 Å². The first-order valence-electron chi connectivity index (χ1n) is 14.2. The number of aliphatic hydroxyl groups excluding tert-OH is 1. The summed E-state index contributed by atoms with van der Waals surface area (Å²) < 4.78 is 13.5. The van der Waals surface area contributed by atoms with Gasteiger partial charge in [-0.1, -0.05) is 54.6 Å². The number of anilines is 1. The van der Waals surface area contributed by atoms with Crippen LogP contribution >= 0.6 is 0 Å². The van der Waals surface area contributed by atoms with Gasteiger partial charge < -0.3 is 19.4 Å². The van der Waals surface area contributed by atoms with Gasteiger partial charge >= 0.3 is 6.09 Å². The maximum Gasteiger partial charge on any atom is 0.414 e. The van der Waals surface area contributed by atoms with Crippen LogP contribution in [0.25, 0.3) is 0 Å². The second kappa shape index (κ2) is 12.2. The average molecular weight is 565 g/mol. The van der Waals surface area contributed by atoms with Crippen molar-refractivity contribution in [3.05, 3.63) is 77.6 Å². The van der Waals surface area contributed by atoms with Crippen LogP contribution in [0.4, 0.5) is 10.5 Å². The van der Waals surface area contributed by atoms with Gasteiger partial charge in [0.1, 0.15) is 6.61 Å². The van der Waals surface area contributed by atoms with E-state index < -0.39 is 8.32 Å². The summed E-state index contributed by atoms with van der Waals surface area (Å²) in [7, 11) is -2.50. The third kappa shape index (κ3) is 6.30. The van der Waals surface area contributed by atoms with Crippen molar-refractivity contribution in [3.8, 4) is 0 Å². The van der Waals surface area contributed by atoms with Gasteiger partial charge in [-0.2, -0.15) is 0 Å². The zero-order chi connectivity index (χ0) is 28.3. The predicted octanol–water partition coefficient (Wildman–Crippen LogP) is 4.35. The number of carbonyl (C=O) groups is 1. The molecule has 0 bridgehead atoms. The van der Waals surface area contributed by atoms with E-state index in [9.17, 15) is 14.7 Å². The molecule has 3 heterocycles. The molecule has 5 atom stereocenters. The molecule has 214 valence electrons. The second-order valence-corrected chi connectivity index (χ2v) is 15.5. The summed E-state index contributed by atoms with van der Waals surface area (Å²) in [6, 6.07) is 17.9. The zero-order valence-electron chi connectivity index (χ0n) is 23.5. The minimum Gasteiger partial charge on any atom is -0.447 e. The largest absolute Gasteiger partial charge is 0.447 e. The van der Waals surface area contributed by atoms with Crippen LogP contribution in [-0.4, -0.2) is 71.3 Å². The van der Waals surface area contributed by atoms with Gasteiger partial charge in [-0.3, -0.25) is 9.58 Å². The molecule has 2 fully saturated rings. The molecule has 3 aromatic rings. The van der Waals surface area contributed by atoms with E-state index in [-0.39, 0.29) is 42.3 Å². The molecule has 5 rings (SSSR count). The molecule has 2 aromatic carbocycles. The molecule has 2 aliphatic rings. The maximum absolute atomic E-state index is 12.0. The van der Waals surface area contributed by atoms with Crippen molar-refractivity contribution in [2.45, 2.75) is 69.5 Å². The number of rotatable bonds is 11. The van der Waals surface area contributed by atoms with Crippen molar-refractivity contribution >= 4 is 20.1 Å². The number of aromatic nitrogens is 3. The highest BCUT2D eigenvalue weighted by Crippen LogP contribution is 2.45. The molecule has 1 amide bonds. The number of amides is 1. The van der Waals surface area contributed by atoms with E-state index in [1.54, 1.807) is 4.90 Å². The molecule has 1 aromatic heterocycles. The lowest BCUT2D eigenvalue weighted by Crippen LogP contribution is -2.40. The van der Waals surface area contributed by atoms with Gasteiger partial charge in [-0.05, 0) is 61.5 Å². The van der Waals surface area contributed by atoms with Crippen molar-refractivity contribution in [3.63, 3.8) is 0 Å². The summed E-state index contributed by atoms with van der Waals surface area (Å²) in [5.41, 5.74) is 3.88. The van der Waals surface area contributed by atoms with Gasteiger partial charge in [0.25, 0.3) is 0 Å². The van der Waals surface area contributed by atoms with E-state index in [4.69, 9.17) is 9.47 Å². The van der Waals surface area contributed by atoms with Gasteiger partial charge in [0.15, 0.2) is 8.32 Å². The number of ether oxygens (including phenoxy) is 2. The number of carbonyl (C=O) groups excluding carboxylic acids is 1. The number of hydrogen-bond donors (Lipinski definition) is 2. The number of hydrogen-bond acceptors (Lipinski definition) is 7. The number of cyclic esters (lactones) is 1. The summed E-state index contributed by atoms with van der Waals surface area (Å²) in [5.74, 6) is 0.0183. The normalized spacial score (nSPS) is 23.9. The quantitative estimate of drug-likeness (QED) is 0.333. The second-order valence-electron chi connectivity index (χ2n) is 11.6. The molecule has 0 spiro atoms. The van der Waals surface area contributed by atoms with Gasteiger partial charge in [0.2, 0.25) is 0 Å². The van der Waals surface area contributed by atoms with E-state index in [2.05, 4.69) is 29.4 Å². The Morgan fingerprint density at radius 3 is 2.60 bits per heavy atom. The molecule has 2 saturated heterocycles. The molecule has 1 unspecified atom stereocenters. The summed E-state index contributed by atoms with van der Waals surface area (Å²) in [6.45, 7) is 7.80. The van der Waals surface area contributed by atoms with Gasteiger partial charge in [0, 0.05) is 24.0 Å². The molecule has 0 radical (unpaired) electrons. The Hall–Kier alpha value is -3.05. The van der Waals surface area contributed by atoms with E-state index in [1.807, 2.05) is 66.4 Å². The summed E-state index contributed by atoms with van der Waals surface area (Å²) in [5, 5.41) is 18.7. The Balaban J connectivity index is 1.22. The highest BCUT2D eigenvalue weighted by atomic mass is 28.4. The molecular weight excluding hydrogens is 524 g/mol. The number of aliphatic hydroxyl groups is 1. The summed E-state index contributed by atoms with van der Waals surface area (Å²) >= 11 is 0. The lowest BCUT2D eigenvalue weighted by molar-refractivity contribution is 0.0245. The fraction of sp³-hybridized carbons (Fsp3) is 0.500. The smallest absolute Gasteiger partial charge is 0.414 e. The van der Waals surface area contributed by atoms with Crippen molar-refractivity contribution in [2.75, 3.05) is 24.7 Å². The third-order valence-electron chi connectivity index (χ3n) is 8.36. The van der Waals surface area contributed by atoms with Crippen LogP contribution in [0.3, 0.4) is 0 Å². The van der Waals surface area contributed by atoms with Crippen molar-refractivity contribution in [1.82, 2.24) is 15.0 Å². The molecule has 0 saturated carbocycles. The fourth-order valence-corrected chi connectivity index (χ4v) is 9.05. The van der Waals surface area contributed by atoms with Gasteiger partial charge in [-0.15, -0.1) is 5.10 Å². The minimum absolute atomic E-state index is 0.0367. The van der Waals surface area contributed by atoms with E-state index in [1.165, 1.54) is 0 Å². The third-order valence-corrected chi connectivity index (χ3v) is 10.9. The SMILES string of the molecule is C[C@H]1[C@H]([Si](C)(C)O)[C@@H](CCn2cc(C(CO)c3ccccc3)nn2)O[C@H]1CCc1cccc(N2CCOC2=O)c1. The van der Waals surface area contributed by atoms with E-state index >= 15 is 0 Å². The summed E-state index contributed by atoms with van der Waals surface area (Å²) in [6.07, 6.45) is 3.99. The first kappa shape index (κ1) is 28.5. The first-order chi connectivity index (χ1) is 19.2. The Bertz CT molecular complexity index is 1280. The highest BCUT2D eigenvalue weighted by molar-refractivity contribution is 6.71. The van der Waals surface area contributed by atoms with Crippen LogP contribution < -0.4 is 4.90 Å². The van der Waals surface area contributed by atoms with Crippen LogP contribution in [0.15, 0.2) is 60.8 Å². The van der Waals surface area contributed by atoms with Crippen molar-refractivity contribution in [1.29, 1.82) is 0 Å². The standard InChI is InChI=1S/C30H40N4O5Si/c1-21-27(13-12-22-8-7-11-24(18-22)34-16-17-38-30(34)36)39-28(29(21)40(2,3)37)14-15-33-19-26(31-32-33)25(20-35)23-9-5-4-6-10-23/h4-11,18-19,21,25,27-29,35,37H,12-17,20H2,1-3H3/t21-,25?,27+,28-,29+/m1/s1. The van der Waals surface area contributed by atoms with Gasteiger partial charge in [-0.25, -0.2) is 4.79 Å². The van der Waals surface area contributed by atoms with Crippen LogP contribution in [0.1, 0.15) is 42.5 Å². The molecule has 9 nitrogen and oxygen atoms in total. The zero-order valence-corrected chi connectivity index (χ0v) is 24.5. The van der Waals surface area contributed by atoms with E-state index in [0.717, 1.165) is 41.8 Å². The van der Waals surface area contributed by atoms with Crippen molar-refractivity contribution in [2.24, 2.45) is 5.92 Å². The Morgan fingerprint density at radius 2 is 1.90 bits per heavy atom. The summed E-state index contributed by atoms with van der Waals surface area (Å²) in [4.78, 5) is 24.9. The Morgan fingerprint density at radius 1 is 1.10 bits per heavy atom. The van der Waals surface area contributed by atoms with E-state index in [0.29, 0.717) is 19.7 Å². The topological polar surface area (TPSA) is 110 Å². The number of aryl methyl sites for hydroxylation is 2. The maximum atomic E-state index is 12.0. The number of benzene rings is 2. The lowest BCUT2D eigenvalue weighted by Gasteiger charge is -2.30. The molecule has 2 N–H and O–H groups in total. The highest BCUT2D eigenvalue weighted by Gasteiger charge is 2.49. The number of nitrogens with zero attached hydrogens (tertiary/aromatic N) is 4. The Labute approximate surface area is 236 Å². The van der Waals surface area contributed by atoms with Crippen LogP contribution in [-0.2, 0) is 22.4 Å². The predicted molar refractivity (Wildman–Crippen MR) is 155 cm³/mol. The minimum atomic E-state index is -2.50. The molecular formula is C30H40N4O5Si. The van der Waals surface area contributed by atoms with Crippen molar-refractivity contribution < 1.29 is 24.2 Å². The average Bonchev–Trinajstić information content (AvgIpc) is 3.66. The lowest BCUT2D eigenvalue weighted by atomic mass is 9.95. The monoisotopic (exact) mass is 564 g/mol. The van der Waals surface area contributed by atoms with Crippen LogP contribution in [0, 0.1) is 5.92 Å². The molecule has 40 heavy (non-hydrogen) atoms. The molecule has 0 aliphatic carbocycles.